The van der Waals surface area contributed by atoms with Crippen LogP contribution in [0.5, 0.6) is 0 Å². The largest absolute Gasteiger partial charge is 0.329 e. The number of amides is 4. The average molecular weight is 484 g/mol. The van der Waals surface area contributed by atoms with Gasteiger partial charge >= 0.3 is 0 Å². The number of benzene rings is 3. The van der Waals surface area contributed by atoms with E-state index in [9.17, 15) is 19.2 Å². The number of hydrogen-bond donors (Lipinski definition) is 1. The Morgan fingerprint density at radius 2 is 0.972 bits per heavy atom. The third-order valence-electron chi connectivity index (χ3n) is 6.32. The molecule has 0 atom stereocenters. The van der Waals surface area contributed by atoms with E-state index in [1.54, 1.807) is 48.5 Å². The Hall–Kier alpha value is -4.18. The number of hydrazine groups is 2. The number of hydrogen-bond acceptors (Lipinski definition) is 7. The van der Waals surface area contributed by atoms with Gasteiger partial charge in [-0.15, -0.1) is 5.12 Å². The van der Waals surface area contributed by atoms with Crippen molar-refractivity contribution in [3.63, 3.8) is 0 Å². The molecular weight excluding hydrogens is 458 g/mol. The minimum atomic E-state index is -0.583. The molecule has 9 nitrogen and oxygen atoms in total. The van der Waals surface area contributed by atoms with Crippen molar-refractivity contribution >= 4 is 23.6 Å². The van der Waals surface area contributed by atoms with E-state index in [1.807, 2.05) is 30.3 Å². The second-order valence-electron chi connectivity index (χ2n) is 8.58. The highest BCUT2D eigenvalue weighted by Crippen LogP contribution is 2.30. The first-order chi connectivity index (χ1) is 17.5. The molecule has 2 N–H and O–H groups in total. The molecule has 2 aliphatic rings. The van der Waals surface area contributed by atoms with E-state index in [2.05, 4.69) is 4.90 Å². The molecule has 0 unspecified atom stereocenters. The van der Waals surface area contributed by atoms with Crippen LogP contribution in [0.25, 0.3) is 0 Å². The van der Waals surface area contributed by atoms with E-state index in [-0.39, 0.29) is 28.8 Å². The van der Waals surface area contributed by atoms with Gasteiger partial charge in [0.25, 0.3) is 23.6 Å². The third-order valence-corrected chi connectivity index (χ3v) is 6.32. The Morgan fingerprint density at radius 3 is 1.39 bits per heavy atom. The summed E-state index contributed by atoms with van der Waals surface area (Å²) >= 11 is 0. The van der Waals surface area contributed by atoms with Gasteiger partial charge in [0.15, 0.2) is 0 Å². The maximum atomic E-state index is 13.3. The van der Waals surface area contributed by atoms with Gasteiger partial charge in [0.1, 0.15) is 0 Å². The van der Waals surface area contributed by atoms with Crippen molar-refractivity contribution in [1.29, 1.82) is 0 Å². The van der Waals surface area contributed by atoms with Gasteiger partial charge in [0.05, 0.1) is 28.8 Å². The first kappa shape index (κ1) is 23.6. The quantitative estimate of drug-likeness (QED) is 0.465. The molecular formula is C27H25N5O4. The van der Waals surface area contributed by atoms with Crippen molar-refractivity contribution in [2.24, 2.45) is 5.73 Å². The smallest absolute Gasteiger partial charge is 0.277 e. The average Bonchev–Trinajstić information content (AvgIpc) is 3.31. The molecule has 182 valence electrons. The Kier molecular flexibility index (Phi) is 6.43. The zero-order valence-electron chi connectivity index (χ0n) is 19.5. The highest BCUT2D eigenvalue weighted by Gasteiger charge is 2.47. The highest BCUT2D eigenvalue weighted by molar-refractivity contribution is 6.23. The van der Waals surface area contributed by atoms with Gasteiger partial charge in [-0.25, -0.2) is 0 Å². The second kappa shape index (κ2) is 9.82. The van der Waals surface area contributed by atoms with Crippen LogP contribution >= 0.6 is 0 Å². The Bertz CT molecular complexity index is 1200. The van der Waals surface area contributed by atoms with Crippen molar-refractivity contribution in [1.82, 2.24) is 20.0 Å². The van der Waals surface area contributed by atoms with Crippen LogP contribution in [0.3, 0.4) is 0 Å². The predicted octanol–water partition coefficient (Wildman–Crippen LogP) is 2.17. The number of nitrogens with two attached hydrogens (primary N) is 1. The number of nitrogens with zero attached hydrogens (tertiary/aromatic N) is 4. The van der Waals surface area contributed by atoms with Crippen molar-refractivity contribution in [3.8, 4) is 0 Å². The molecule has 36 heavy (non-hydrogen) atoms. The Labute approximate surface area is 208 Å². The van der Waals surface area contributed by atoms with Crippen LogP contribution in [0.2, 0.25) is 0 Å². The molecule has 5 rings (SSSR count). The molecule has 9 heteroatoms. The number of fused-ring (bicyclic) bond motifs is 2. The molecule has 0 saturated heterocycles. The van der Waals surface area contributed by atoms with E-state index in [1.165, 1.54) is 5.12 Å². The standard InChI is InChI=1S/C27H25N5O4/c28-14-15-29(18-19-8-2-1-3-9-19)16-17-30(31-24(33)20-10-4-5-11-21(20)25(31)34)32-26(35)22-12-6-7-13-23(22)27(32)36/h1-13H,14-18,28H2. The lowest BCUT2D eigenvalue weighted by atomic mass is 10.1. The fourth-order valence-electron chi connectivity index (χ4n) is 4.59. The monoisotopic (exact) mass is 483 g/mol. The van der Waals surface area contributed by atoms with E-state index in [0.717, 1.165) is 15.6 Å². The van der Waals surface area contributed by atoms with Crippen LogP contribution in [0.1, 0.15) is 47.0 Å². The van der Waals surface area contributed by atoms with Crippen molar-refractivity contribution in [2.75, 3.05) is 26.2 Å². The van der Waals surface area contributed by atoms with Crippen LogP contribution in [-0.2, 0) is 6.54 Å². The lowest BCUT2D eigenvalue weighted by Crippen LogP contribution is -2.59. The Balaban J connectivity index is 1.47. The van der Waals surface area contributed by atoms with Crippen molar-refractivity contribution < 1.29 is 19.2 Å². The molecule has 0 radical (unpaired) electrons. The van der Waals surface area contributed by atoms with Crippen LogP contribution < -0.4 is 5.73 Å². The van der Waals surface area contributed by atoms with Crippen molar-refractivity contribution in [3.05, 3.63) is 107 Å². The highest BCUT2D eigenvalue weighted by atomic mass is 16.2. The summed E-state index contributed by atoms with van der Waals surface area (Å²) in [6.07, 6.45) is 0. The lowest BCUT2D eigenvalue weighted by molar-refractivity contribution is -0.0943. The Morgan fingerprint density at radius 1 is 0.556 bits per heavy atom. The molecule has 0 bridgehead atoms. The molecule has 0 saturated carbocycles. The summed E-state index contributed by atoms with van der Waals surface area (Å²) < 4.78 is 0. The lowest BCUT2D eigenvalue weighted by Gasteiger charge is -2.36. The summed E-state index contributed by atoms with van der Waals surface area (Å²) in [5, 5.41) is 2.98. The van der Waals surface area contributed by atoms with E-state index in [0.29, 0.717) is 26.2 Å². The molecule has 3 aromatic carbocycles. The molecule has 0 aromatic heterocycles. The maximum absolute atomic E-state index is 13.3. The zero-order valence-corrected chi connectivity index (χ0v) is 19.5. The number of imide groups is 2. The maximum Gasteiger partial charge on any atom is 0.277 e. The fraction of sp³-hybridized carbons (Fsp3) is 0.185. The van der Waals surface area contributed by atoms with Gasteiger partial charge in [-0.3, -0.25) is 24.1 Å². The van der Waals surface area contributed by atoms with Crippen molar-refractivity contribution in [2.45, 2.75) is 6.54 Å². The van der Waals surface area contributed by atoms with Gasteiger partial charge in [0, 0.05) is 26.2 Å². The van der Waals surface area contributed by atoms with Crippen LogP contribution in [0, 0.1) is 0 Å². The fourth-order valence-corrected chi connectivity index (χ4v) is 4.59. The zero-order chi connectivity index (χ0) is 25.2. The number of carbonyl (C=O) groups excluding carboxylic acids is 4. The van der Waals surface area contributed by atoms with Gasteiger partial charge in [-0.1, -0.05) is 54.6 Å². The minimum absolute atomic E-state index is 0.0315. The van der Waals surface area contributed by atoms with Gasteiger partial charge in [-0.2, -0.15) is 10.0 Å². The first-order valence-corrected chi connectivity index (χ1v) is 11.7. The molecule has 0 aliphatic carbocycles. The number of carbonyl (C=O) groups is 4. The predicted molar refractivity (Wildman–Crippen MR) is 131 cm³/mol. The minimum Gasteiger partial charge on any atom is -0.329 e. The molecule has 0 spiro atoms. The van der Waals surface area contributed by atoms with Gasteiger partial charge < -0.3 is 5.73 Å². The second-order valence-corrected chi connectivity index (χ2v) is 8.58. The molecule has 4 amide bonds. The van der Waals surface area contributed by atoms with E-state index >= 15 is 0 Å². The molecule has 2 aliphatic heterocycles. The van der Waals surface area contributed by atoms with Crippen LogP contribution in [-0.4, -0.2) is 69.8 Å². The summed E-state index contributed by atoms with van der Waals surface area (Å²) in [5.74, 6) is -2.33. The van der Waals surface area contributed by atoms with Gasteiger partial charge in [0.2, 0.25) is 0 Å². The topological polar surface area (TPSA) is 107 Å². The summed E-state index contributed by atoms with van der Waals surface area (Å²) in [4.78, 5) is 55.4. The summed E-state index contributed by atoms with van der Waals surface area (Å²) in [7, 11) is 0. The first-order valence-electron chi connectivity index (χ1n) is 11.7. The molecule has 0 fully saturated rings. The van der Waals surface area contributed by atoms with Gasteiger partial charge in [-0.05, 0) is 29.8 Å². The molecule has 3 aromatic rings. The summed E-state index contributed by atoms with van der Waals surface area (Å²) in [6, 6.07) is 22.7. The van der Waals surface area contributed by atoms with Crippen LogP contribution in [0.15, 0.2) is 78.9 Å². The van der Waals surface area contributed by atoms with E-state index in [4.69, 9.17) is 5.73 Å². The van der Waals surface area contributed by atoms with Crippen LogP contribution in [0.4, 0.5) is 0 Å². The summed E-state index contributed by atoms with van der Waals surface area (Å²) in [5.41, 5.74) is 7.83. The normalized spacial score (nSPS) is 14.9. The molecule has 2 heterocycles. The third kappa shape index (κ3) is 4.09. The SMILES string of the molecule is NCCN(CCN(N1C(=O)c2ccccc2C1=O)N1C(=O)c2ccccc2C1=O)Cc1ccccc1. The summed E-state index contributed by atoms with van der Waals surface area (Å²) in [6.45, 7) is 1.90. The van der Waals surface area contributed by atoms with E-state index < -0.39 is 23.6 Å². The number of rotatable bonds is 9.